The monoisotopic (exact) mass is 251 g/mol. The van der Waals surface area contributed by atoms with Crippen molar-refractivity contribution < 1.29 is 9.53 Å². The highest BCUT2D eigenvalue weighted by molar-refractivity contribution is 5.74. The summed E-state index contributed by atoms with van der Waals surface area (Å²) >= 11 is 0. The predicted molar refractivity (Wildman–Crippen MR) is 68.3 cm³/mol. The molecule has 1 N–H and O–H groups in total. The molecule has 0 radical (unpaired) electrons. The van der Waals surface area contributed by atoms with Crippen LogP contribution in [0.25, 0.3) is 0 Å². The molecule has 18 heavy (non-hydrogen) atoms. The number of hydrogen-bond acceptors (Lipinski definition) is 4. The van der Waals surface area contributed by atoms with Gasteiger partial charge in [0.15, 0.2) is 0 Å². The van der Waals surface area contributed by atoms with Gasteiger partial charge in [-0.05, 0) is 26.3 Å². The number of carbonyl (C=O) groups excluding carboxylic acids is 1. The normalized spacial score (nSPS) is 23.6. The quantitative estimate of drug-likeness (QED) is 0.820. The largest absolute Gasteiger partial charge is 0.466 e. The summed E-state index contributed by atoms with van der Waals surface area (Å²) in [7, 11) is 0. The fourth-order valence-electron chi connectivity index (χ4n) is 2.35. The van der Waals surface area contributed by atoms with Crippen LogP contribution in [0.1, 0.15) is 38.3 Å². The van der Waals surface area contributed by atoms with E-state index in [1.807, 2.05) is 24.0 Å². The second-order valence-electron chi connectivity index (χ2n) is 4.97. The average molecular weight is 251 g/mol. The molecule has 2 rings (SSSR count). The van der Waals surface area contributed by atoms with E-state index in [2.05, 4.69) is 24.3 Å². The van der Waals surface area contributed by atoms with E-state index in [-0.39, 0.29) is 17.8 Å². The molecule has 0 aliphatic carbocycles. The molecule has 2 heterocycles. The predicted octanol–water partition coefficient (Wildman–Crippen LogP) is 1.33. The van der Waals surface area contributed by atoms with E-state index >= 15 is 0 Å². The molecule has 5 nitrogen and oxygen atoms in total. The minimum Gasteiger partial charge on any atom is -0.466 e. The lowest BCUT2D eigenvalue weighted by molar-refractivity contribution is -0.147. The fraction of sp³-hybridized carbons (Fsp3) is 0.692. The van der Waals surface area contributed by atoms with Crippen molar-refractivity contribution in [1.29, 1.82) is 0 Å². The van der Waals surface area contributed by atoms with Crippen LogP contribution >= 0.6 is 0 Å². The van der Waals surface area contributed by atoms with Crippen molar-refractivity contribution in [3.8, 4) is 0 Å². The molecule has 0 saturated carbocycles. The summed E-state index contributed by atoms with van der Waals surface area (Å²) in [5.74, 6) is -0.0175. The third kappa shape index (κ3) is 2.56. The number of esters is 1. The molecule has 2 atom stereocenters. The van der Waals surface area contributed by atoms with Gasteiger partial charge in [-0.2, -0.15) is 5.10 Å². The van der Waals surface area contributed by atoms with Crippen LogP contribution in [0, 0.1) is 5.92 Å². The first-order valence-electron chi connectivity index (χ1n) is 6.54. The Morgan fingerprint density at radius 2 is 2.39 bits per heavy atom. The molecular formula is C13H21N3O2. The van der Waals surface area contributed by atoms with Crippen molar-refractivity contribution >= 4 is 5.97 Å². The van der Waals surface area contributed by atoms with E-state index < -0.39 is 0 Å². The summed E-state index contributed by atoms with van der Waals surface area (Å²) < 4.78 is 7.05. The maximum Gasteiger partial charge on any atom is 0.310 e. The summed E-state index contributed by atoms with van der Waals surface area (Å²) in [6, 6.07) is 0.342. The highest BCUT2D eigenvalue weighted by atomic mass is 16.5. The fourth-order valence-corrected chi connectivity index (χ4v) is 2.35. The minimum atomic E-state index is -0.107. The zero-order valence-corrected chi connectivity index (χ0v) is 11.2. The van der Waals surface area contributed by atoms with Crippen LogP contribution in [0.2, 0.25) is 0 Å². The van der Waals surface area contributed by atoms with Crippen LogP contribution in [0.4, 0.5) is 0 Å². The third-order valence-electron chi connectivity index (χ3n) is 3.38. The lowest BCUT2D eigenvalue weighted by atomic mass is 9.91. The second kappa shape index (κ2) is 5.52. The zero-order chi connectivity index (χ0) is 13.1. The van der Waals surface area contributed by atoms with E-state index in [0.29, 0.717) is 19.2 Å². The van der Waals surface area contributed by atoms with E-state index in [4.69, 9.17) is 4.74 Å². The molecule has 5 heteroatoms. The molecule has 0 spiro atoms. The molecular weight excluding hydrogens is 230 g/mol. The van der Waals surface area contributed by atoms with Crippen LogP contribution < -0.4 is 5.32 Å². The van der Waals surface area contributed by atoms with Crippen LogP contribution in [0.15, 0.2) is 12.4 Å². The smallest absolute Gasteiger partial charge is 0.310 e. The minimum absolute atomic E-state index is 0.0882. The summed E-state index contributed by atoms with van der Waals surface area (Å²) in [5, 5.41) is 7.60. The SMILES string of the molecule is CCOC(=O)C1CNCC1c1cnn(C(C)C)c1. The Labute approximate surface area is 108 Å². The van der Waals surface area contributed by atoms with E-state index in [9.17, 15) is 4.79 Å². The van der Waals surface area contributed by atoms with Crippen LogP contribution in [0.5, 0.6) is 0 Å². The maximum atomic E-state index is 11.9. The lowest BCUT2D eigenvalue weighted by Gasteiger charge is -2.15. The molecule has 1 aliphatic rings. The first kappa shape index (κ1) is 13.1. The van der Waals surface area contributed by atoms with Gasteiger partial charge in [-0.15, -0.1) is 0 Å². The number of ether oxygens (including phenoxy) is 1. The summed E-state index contributed by atoms with van der Waals surface area (Å²) in [6.07, 6.45) is 3.90. The Morgan fingerprint density at radius 1 is 1.61 bits per heavy atom. The Kier molecular flexibility index (Phi) is 4.01. The van der Waals surface area contributed by atoms with Gasteiger partial charge in [0, 0.05) is 31.2 Å². The van der Waals surface area contributed by atoms with Gasteiger partial charge in [-0.1, -0.05) is 0 Å². The van der Waals surface area contributed by atoms with Crippen molar-refractivity contribution in [2.75, 3.05) is 19.7 Å². The van der Waals surface area contributed by atoms with Crippen molar-refractivity contribution in [2.24, 2.45) is 5.92 Å². The molecule has 1 aromatic heterocycles. The first-order chi connectivity index (χ1) is 8.63. The van der Waals surface area contributed by atoms with E-state index in [1.54, 1.807) is 0 Å². The number of nitrogens with one attached hydrogen (secondary N) is 1. The van der Waals surface area contributed by atoms with Crippen molar-refractivity contribution in [3.05, 3.63) is 18.0 Å². The molecule has 1 aliphatic heterocycles. The van der Waals surface area contributed by atoms with Gasteiger partial charge in [-0.3, -0.25) is 9.48 Å². The lowest BCUT2D eigenvalue weighted by Crippen LogP contribution is -2.23. The molecule has 2 unspecified atom stereocenters. The van der Waals surface area contributed by atoms with E-state index in [1.165, 1.54) is 0 Å². The van der Waals surface area contributed by atoms with Gasteiger partial charge in [0.05, 0.1) is 18.7 Å². The zero-order valence-electron chi connectivity index (χ0n) is 11.2. The molecule has 0 bridgehead atoms. The molecule has 0 aromatic carbocycles. The van der Waals surface area contributed by atoms with Gasteiger partial charge in [0.1, 0.15) is 0 Å². The molecule has 1 fully saturated rings. The van der Waals surface area contributed by atoms with Gasteiger partial charge < -0.3 is 10.1 Å². The topological polar surface area (TPSA) is 56.1 Å². The molecule has 1 saturated heterocycles. The highest BCUT2D eigenvalue weighted by Gasteiger charge is 2.35. The number of aromatic nitrogens is 2. The van der Waals surface area contributed by atoms with Crippen molar-refractivity contribution in [1.82, 2.24) is 15.1 Å². The average Bonchev–Trinajstić information content (AvgIpc) is 2.98. The van der Waals surface area contributed by atoms with Gasteiger partial charge in [0.2, 0.25) is 0 Å². The van der Waals surface area contributed by atoms with Crippen LogP contribution in [-0.2, 0) is 9.53 Å². The molecule has 100 valence electrons. The Hall–Kier alpha value is -1.36. The number of carbonyl (C=O) groups is 1. The van der Waals surface area contributed by atoms with Crippen molar-refractivity contribution in [2.45, 2.75) is 32.7 Å². The second-order valence-corrected chi connectivity index (χ2v) is 4.97. The highest BCUT2D eigenvalue weighted by Crippen LogP contribution is 2.29. The summed E-state index contributed by atoms with van der Waals surface area (Å²) in [5.41, 5.74) is 1.12. The summed E-state index contributed by atoms with van der Waals surface area (Å²) in [6.45, 7) is 7.96. The van der Waals surface area contributed by atoms with Gasteiger partial charge in [-0.25, -0.2) is 0 Å². The standard InChI is InChI=1S/C13H21N3O2/c1-4-18-13(17)12-7-14-6-11(12)10-5-15-16(8-10)9(2)3/h5,8-9,11-12,14H,4,6-7H2,1-3H3. The summed E-state index contributed by atoms with van der Waals surface area (Å²) in [4.78, 5) is 11.9. The Balaban J connectivity index is 2.12. The van der Waals surface area contributed by atoms with Crippen molar-refractivity contribution in [3.63, 3.8) is 0 Å². The Morgan fingerprint density at radius 3 is 3.00 bits per heavy atom. The molecule has 1 aromatic rings. The first-order valence-corrected chi connectivity index (χ1v) is 6.54. The molecule has 0 amide bonds. The maximum absolute atomic E-state index is 11.9. The van der Waals surface area contributed by atoms with Gasteiger partial charge in [0.25, 0.3) is 0 Å². The number of nitrogens with zero attached hydrogens (tertiary/aromatic N) is 2. The number of rotatable bonds is 4. The Bertz CT molecular complexity index is 414. The van der Waals surface area contributed by atoms with E-state index in [0.717, 1.165) is 12.1 Å². The third-order valence-corrected chi connectivity index (χ3v) is 3.38. The van der Waals surface area contributed by atoms with Crippen LogP contribution in [-0.4, -0.2) is 35.4 Å². The van der Waals surface area contributed by atoms with Gasteiger partial charge >= 0.3 is 5.97 Å². The number of hydrogen-bond donors (Lipinski definition) is 1. The van der Waals surface area contributed by atoms with Crippen LogP contribution in [0.3, 0.4) is 0 Å².